The van der Waals surface area contributed by atoms with E-state index in [4.69, 9.17) is 0 Å². The fourth-order valence-corrected chi connectivity index (χ4v) is 1.37. The number of anilines is 1. The molecule has 14 heavy (non-hydrogen) atoms. The molecule has 0 amide bonds. The van der Waals surface area contributed by atoms with E-state index in [9.17, 15) is 15.0 Å². The second kappa shape index (κ2) is 2.88. The van der Waals surface area contributed by atoms with Crippen LogP contribution in [0.5, 0.6) is 11.5 Å². The molecule has 0 bridgehead atoms. The Labute approximate surface area is 80.3 Å². The number of Topliss-reactive ketones (excluding diaryl/α,β-unsaturated/α-hetero) is 1. The standard InChI is InChI=1S/C9H10N2O3/c1-4-9(14)5-2-7(12)8(13)3-6(5)11-10-4/h2-4,10-13H,1H3. The van der Waals surface area contributed by atoms with Gasteiger partial charge in [-0.25, -0.2) is 5.43 Å². The molecule has 5 nitrogen and oxygen atoms in total. The number of nitrogens with one attached hydrogen (secondary N) is 2. The fraction of sp³-hybridized carbons (Fsp3) is 0.222. The summed E-state index contributed by atoms with van der Waals surface area (Å²) in [6, 6.07) is 2.23. The van der Waals surface area contributed by atoms with Crippen LogP contribution in [0.15, 0.2) is 12.1 Å². The summed E-state index contributed by atoms with van der Waals surface area (Å²) < 4.78 is 0. The molecule has 1 heterocycles. The Morgan fingerprint density at radius 3 is 2.64 bits per heavy atom. The second-order valence-corrected chi connectivity index (χ2v) is 3.24. The van der Waals surface area contributed by atoms with E-state index >= 15 is 0 Å². The molecule has 0 aromatic heterocycles. The number of carbonyl (C=O) groups is 1. The van der Waals surface area contributed by atoms with Crippen molar-refractivity contribution >= 4 is 11.5 Å². The number of phenols is 2. The third-order valence-corrected chi connectivity index (χ3v) is 2.20. The van der Waals surface area contributed by atoms with Crippen molar-refractivity contribution in [2.45, 2.75) is 13.0 Å². The zero-order valence-electron chi connectivity index (χ0n) is 7.53. The van der Waals surface area contributed by atoms with Crippen LogP contribution in [0.2, 0.25) is 0 Å². The number of hydrazine groups is 1. The quantitative estimate of drug-likeness (QED) is 0.359. The van der Waals surface area contributed by atoms with E-state index in [-0.39, 0.29) is 23.3 Å². The molecule has 74 valence electrons. The normalized spacial score (nSPS) is 20.1. The zero-order chi connectivity index (χ0) is 10.3. The number of aromatic hydroxyl groups is 2. The Hall–Kier alpha value is -1.75. The Morgan fingerprint density at radius 1 is 1.29 bits per heavy atom. The molecule has 1 aromatic rings. The van der Waals surface area contributed by atoms with Crippen molar-refractivity contribution in [2.24, 2.45) is 0 Å². The van der Waals surface area contributed by atoms with Gasteiger partial charge in [0.1, 0.15) is 0 Å². The smallest absolute Gasteiger partial charge is 0.183 e. The Kier molecular flexibility index (Phi) is 1.82. The molecule has 4 N–H and O–H groups in total. The average Bonchev–Trinajstić information content (AvgIpc) is 2.15. The van der Waals surface area contributed by atoms with Crippen molar-refractivity contribution in [1.29, 1.82) is 0 Å². The predicted molar refractivity (Wildman–Crippen MR) is 50.3 cm³/mol. The molecule has 1 atom stereocenters. The second-order valence-electron chi connectivity index (χ2n) is 3.24. The van der Waals surface area contributed by atoms with E-state index < -0.39 is 0 Å². The van der Waals surface area contributed by atoms with Gasteiger partial charge in [0.2, 0.25) is 0 Å². The van der Waals surface area contributed by atoms with Crippen LogP contribution in [-0.2, 0) is 0 Å². The molecular formula is C9H10N2O3. The molecule has 0 aliphatic carbocycles. The Morgan fingerprint density at radius 2 is 1.93 bits per heavy atom. The van der Waals surface area contributed by atoms with E-state index in [1.54, 1.807) is 6.92 Å². The molecule has 0 fully saturated rings. The number of phenolic OH excluding ortho intramolecular Hbond substituents is 2. The molecule has 0 spiro atoms. The van der Waals surface area contributed by atoms with Crippen LogP contribution in [0.3, 0.4) is 0 Å². The minimum absolute atomic E-state index is 0.117. The van der Waals surface area contributed by atoms with Crippen LogP contribution in [0.25, 0.3) is 0 Å². The summed E-state index contributed by atoms with van der Waals surface area (Å²) in [5.74, 6) is -0.651. The number of benzene rings is 1. The highest BCUT2D eigenvalue weighted by molar-refractivity contribution is 6.06. The number of hydrogen-bond acceptors (Lipinski definition) is 5. The number of fused-ring (bicyclic) bond motifs is 1. The maximum absolute atomic E-state index is 11.6. The molecule has 1 aromatic carbocycles. The lowest BCUT2D eigenvalue weighted by Crippen LogP contribution is -2.42. The van der Waals surface area contributed by atoms with Gasteiger partial charge in [-0.2, -0.15) is 0 Å². The summed E-state index contributed by atoms with van der Waals surface area (Å²) in [4.78, 5) is 11.6. The summed E-state index contributed by atoms with van der Waals surface area (Å²) in [5, 5.41) is 18.4. The van der Waals surface area contributed by atoms with Gasteiger partial charge in [-0.3, -0.25) is 4.79 Å². The van der Waals surface area contributed by atoms with Gasteiger partial charge in [-0.15, -0.1) is 0 Å². The van der Waals surface area contributed by atoms with Gasteiger partial charge < -0.3 is 15.6 Å². The minimum Gasteiger partial charge on any atom is -0.504 e. The first kappa shape index (κ1) is 8.83. The van der Waals surface area contributed by atoms with Gasteiger partial charge >= 0.3 is 0 Å². The molecule has 1 aliphatic heterocycles. The van der Waals surface area contributed by atoms with Crippen LogP contribution in [-0.4, -0.2) is 22.0 Å². The van der Waals surface area contributed by atoms with E-state index in [1.807, 2.05) is 0 Å². The zero-order valence-corrected chi connectivity index (χ0v) is 7.53. The monoisotopic (exact) mass is 194 g/mol. The summed E-state index contributed by atoms with van der Waals surface area (Å²) in [6.07, 6.45) is 0. The molecule has 0 radical (unpaired) electrons. The summed E-state index contributed by atoms with van der Waals surface area (Å²) in [5.41, 5.74) is 6.37. The van der Waals surface area contributed by atoms with Gasteiger partial charge in [0.25, 0.3) is 0 Å². The third-order valence-electron chi connectivity index (χ3n) is 2.20. The van der Waals surface area contributed by atoms with Gasteiger partial charge in [0.05, 0.1) is 11.7 Å². The average molecular weight is 194 g/mol. The fourth-order valence-electron chi connectivity index (χ4n) is 1.37. The molecule has 0 saturated heterocycles. The Bertz CT molecular complexity index is 403. The molecule has 5 heteroatoms. The van der Waals surface area contributed by atoms with Gasteiger partial charge in [-0.1, -0.05) is 0 Å². The first-order chi connectivity index (χ1) is 6.59. The lowest BCUT2D eigenvalue weighted by Gasteiger charge is -2.23. The number of ketones is 1. The van der Waals surface area contributed by atoms with Crippen LogP contribution in [0, 0.1) is 0 Å². The largest absolute Gasteiger partial charge is 0.504 e. The lowest BCUT2D eigenvalue weighted by atomic mass is 10.0. The van der Waals surface area contributed by atoms with Crippen molar-refractivity contribution in [3.8, 4) is 11.5 Å². The number of rotatable bonds is 0. The Balaban J connectivity index is 2.56. The molecular weight excluding hydrogens is 184 g/mol. The van der Waals surface area contributed by atoms with E-state index in [0.717, 1.165) is 0 Å². The summed E-state index contributed by atoms with van der Waals surface area (Å²) >= 11 is 0. The van der Waals surface area contributed by atoms with Gasteiger partial charge in [-0.05, 0) is 13.0 Å². The summed E-state index contributed by atoms with van der Waals surface area (Å²) in [6.45, 7) is 1.71. The van der Waals surface area contributed by atoms with Crippen LogP contribution >= 0.6 is 0 Å². The SMILES string of the molecule is CC1NNc2cc(O)c(O)cc2C1=O. The van der Waals surface area contributed by atoms with E-state index in [2.05, 4.69) is 10.9 Å². The van der Waals surface area contributed by atoms with Crippen molar-refractivity contribution in [3.05, 3.63) is 17.7 Å². The summed E-state index contributed by atoms with van der Waals surface area (Å²) in [7, 11) is 0. The van der Waals surface area contributed by atoms with E-state index in [0.29, 0.717) is 11.3 Å². The minimum atomic E-state index is -0.341. The maximum Gasteiger partial charge on any atom is 0.183 e. The highest BCUT2D eigenvalue weighted by Crippen LogP contribution is 2.33. The molecule has 0 saturated carbocycles. The van der Waals surface area contributed by atoms with Crippen molar-refractivity contribution in [1.82, 2.24) is 5.43 Å². The lowest BCUT2D eigenvalue weighted by molar-refractivity contribution is 0.0949. The van der Waals surface area contributed by atoms with Crippen molar-refractivity contribution in [2.75, 3.05) is 5.43 Å². The third kappa shape index (κ3) is 1.18. The van der Waals surface area contributed by atoms with Crippen LogP contribution < -0.4 is 10.9 Å². The van der Waals surface area contributed by atoms with Crippen molar-refractivity contribution in [3.63, 3.8) is 0 Å². The molecule has 2 rings (SSSR count). The predicted octanol–water partition coefficient (Wildman–Crippen LogP) is 0.599. The highest BCUT2D eigenvalue weighted by atomic mass is 16.3. The first-order valence-electron chi connectivity index (χ1n) is 4.21. The maximum atomic E-state index is 11.6. The molecule has 1 unspecified atom stereocenters. The van der Waals surface area contributed by atoms with Crippen molar-refractivity contribution < 1.29 is 15.0 Å². The van der Waals surface area contributed by atoms with E-state index in [1.165, 1.54) is 12.1 Å². The van der Waals surface area contributed by atoms with Gasteiger partial charge in [0, 0.05) is 11.6 Å². The number of hydrogen-bond donors (Lipinski definition) is 4. The highest BCUT2D eigenvalue weighted by Gasteiger charge is 2.24. The first-order valence-corrected chi connectivity index (χ1v) is 4.21. The molecule has 1 aliphatic rings. The van der Waals surface area contributed by atoms with Gasteiger partial charge in [0.15, 0.2) is 17.3 Å². The topological polar surface area (TPSA) is 81.6 Å². The number of carbonyl (C=O) groups excluding carboxylic acids is 1. The van der Waals surface area contributed by atoms with Crippen LogP contribution in [0.1, 0.15) is 17.3 Å². The van der Waals surface area contributed by atoms with Crippen LogP contribution in [0.4, 0.5) is 5.69 Å².